The van der Waals surface area contributed by atoms with Crippen molar-refractivity contribution in [3.05, 3.63) is 54.4 Å². The van der Waals surface area contributed by atoms with Crippen molar-refractivity contribution in [2.45, 2.75) is 13.0 Å². The zero-order valence-corrected chi connectivity index (χ0v) is 12.4. The lowest BCUT2D eigenvalue weighted by atomic mass is 10.2. The molecule has 0 unspecified atom stereocenters. The molecule has 0 aliphatic rings. The van der Waals surface area contributed by atoms with Gasteiger partial charge in [-0.3, -0.25) is 14.7 Å². The number of rotatable bonds is 4. The lowest BCUT2D eigenvalue weighted by Gasteiger charge is -2.13. The van der Waals surface area contributed by atoms with E-state index in [4.69, 9.17) is 0 Å². The van der Waals surface area contributed by atoms with Gasteiger partial charge in [-0.1, -0.05) is 24.3 Å². The average molecular weight is 309 g/mol. The molecule has 7 heteroatoms. The number of para-hydroxylation sites is 1. The summed E-state index contributed by atoms with van der Waals surface area (Å²) in [5, 5.41) is 12.8. The van der Waals surface area contributed by atoms with Gasteiger partial charge in [0, 0.05) is 11.6 Å². The maximum absolute atomic E-state index is 12.3. The highest BCUT2D eigenvalue weighted by atomic mass is 16.2. The van der Waals surface area contributed by atoms with Crippen LogP contribution in [-0.4, -0.2) is 33.0 Å². The lowest BCUT2D eigenvalue weighted by Crippen LogP contribution is -2.41. The van der Waals surface area contributed by atoms with E-state index >= 15 is 0 Å². The predicted molar refractivity (Wildman–Crippen MR) is 85.9 cm³/mol. The van der Waals surface area contributed by atoms with Gasteiger partial charge in [0.2, 0.25) is 5.91 Å². The van der Waals surface area contributed by atoms with Gasteiger partial charge in [0.05, 0.1) is 5.52 Å². The molecular formula is C16H15N5O2. The van der Waals surface area contributed by atoms with Crippen LogP contribution in [0.15, 0.2) is 48.7 Å². The first kappa shape index (κ1) is 14.7. The zero-order chi connectivity index (χ0) is 16.2. The van der Waals surface area contributed by atoms with Crippen LogP contribution in [0.4, 0.5) is 5.82 Å². The third-order valence-corrected chi connectivity index (χ3v) is 3.34. The molecule has 2 aromatic heterocycles. The fraction of sp³-hybridized carbons (Fsp3) is 0.125. The molecule has 3 N–H and O–H groups in total. The normalized spacial score (nSPS) is 11.9. The Labute approximate surface area is 132 Å². The monoisotopic (exact) mass is 309 g/mol. The number of carbonyl (C=O) groups is 2. The van der Waals surface area contributed by atoms with Crippen LogP contribution in [0.25, 0.3) is 10.9 Å². The number of aromatic amines is 1. The van der Waals surface area contributed by atoms with E-state index in [2.05, 4.69) is 25.8 Å². The Morgan fingerprint density at radius 3 is 2.70 bits per heavy atom. The number of fused-ring (bicyclic) bond motifs is 1. The van der Waals surface area contributed by atoms with Crippen molar-refractivity contribution >= 4 is 28.5 Å². The molecule has 0 spiro atoms. The molecule has 0 aliphatic carbocycles. The number of H-pyrrole nitrogens is 1. The molecule has 0 aliphatic heterocycles. The Morgan fingerprint density at radius 2 is 1.91 bits per heavy atom. The summed E-state index contributed by atoms with van der Waals surface area (Å²) in [7, 11) is 0. The Balaban J connectivity index is 1.68. The summed E-state index contributed by atoms with van der Waals surface area (Å²) in [6.45, 7) is 1.60. The van der Waals surface area contributed by atoms with Crippen molar-refractivity contribution in [2.75, 3.05) is 5.32 Å². The van der Waals surface area contributed by atoms with E-state index in [1.807, 2.05) is 18.2 Å². The number of hydrogen-bond donors (Lipinski definition) is 3. The summed E-state index contributed by atoms with van der Waals surface area (Å²) in [5.41, 5.74) is 1.03. The van der Waals surface area contributed by atoms with Gasteiger partial charge in [0.25, 0.3) is 5.91 Å². The molecule has 0 fully saturated rings. The number of carbonyl (C=O) groups excluding carboxylic acids is 2. The minimum atomic E-state index is -0.722. The molecule has 2 amide bonds. The third kappa shape index (κ3) is 3.18. The van der Waals surface area contributed by atoms with Gasteiger partial charge in [0.15, 0.2) is 5.69 Å². The molecule has 2 heterocycles. The van der Waals surface area contributed by atoms with E-state index in [1.54, 1.807) is 37.4 Å². The van der Waals surface area contributed by atoms with Gasteiger partial charge < -0.3 is 10.6 Å². The van der Waals surface area contributed by atoms with Gasteiger partial charge in [-0.2, -0.15) is 5.10 Å². The first-order chi connectivity index (χ1) is 11.1. The molecular weight excluding hydrogens is 294 g/mol. The Hall–Kier alpha value is -3.22. The first-order valence-electron chi connectivity index (χ1n) is 7.11. The summed E-state index contributed by atoms with van der Waals surface area (Å²) < 4.78 is 0. The molecule has 0 saturated carbocycles. The minimum Gasteiger partial charge on any atom is -0.339 e. The number of amides is 2. The molecule has 1 aromatic carbocycles. The van der Waals surface area contributed by atoms with Crippen molar-refractivity contribution in [3.8, 4) is 0 Å². The molecule has 0 bridgehead atoms. The maximum Gasteiger partial charge on any atom is 0.273 e. The smallest absolute Gasteiger partial charge is 0.273 e. The zero-order valence-electron chi connectivity index (χ0n) is 12.4. The summed E-state index contributed by atoms with van der Waals surface area (Å²) in [5.74, 6) is -0.327. The van der Waals surface area contributed by atoms with E-state index in [0.717, 1.165) is 5.52 Å². The van der Waals surface area contributed by atoms with E-state index in [9.17, 15) is 9.59 Å². The second-order valence-electron chi connectivity index (χ2n) is 5.02. The average Bonchev–Trinajstić information content (AvgIpc) is 2.99. The molecule has 116 valence electrons. The molecule has 3 rings (SSSR count). The molecule has 7 nitrogen and oxygen atoms in total. The van der Waals surface area contributed by atoms with E-state index in [0.29, 0.717) is 11.2 Å². The van der Waals surface area contributed by atoms with Gasteiger partial charge in [-0.05, 0) is 25.1 Å². The van der Waals surface area contributed by atoms with Crippen LogP contribution >= 0.6 is 0 Å². The van der Waals surface area contributed by atoms with Crippen molar-refractivity contribution < 1.29 is 9.59 Å². The van der Waals surface area contributed by atoms with Crippen LogP contribution < -0.4 is 10.6 Å². The van der Waals surface area contributed by atoms with Crippen LogP contribution in [0.1, 0.15) is 17.4 Å². The first-order valence-corrected chi connectivity index (χ1v) is 7.11. The van der Waals surface area contributed by atoms with Crippen LogP contribution in [0.3, 0.4) is 0 Å². The van der Waals surface area contributed by atoms with Crippen molar-refractivity contribution in [1.82, 2.24) is 20.5 Å². The fourth-order valence-corrected chi connectivity index (χ4v) is 2.14. The molecule has 0 saturated heterocycles. The van der Waals surface area contributed by atoms with Crippen molar-refractivity contribution in [3.63, 3.8) is 0 Å². The SMILES string of the molecule is C[C@H](NC(=O)c1n[nH]c2ccccc12)C(=O)Nc1ccccn1. The number of aromatic nitrogens is 3. The van der Waals surface area contributed by atoms with Gasteiger partial charge in [-0.15, -0.1) is 0 Å². The summed E-state index contributed by atoms with van der Waals surface area (Å²) in [4.78, 5) is 28.4. The number of benzene rings is 1. The maximum atomic E-state index is 12.3. The summed E-state index contributed by atoms with van der Waals surface area (Å²) >= 11 is 0. The molecule has 1 atom stereocenters. The van der Waals surface area contributed by atoms with Crippen molar-refractivity contribution in [2.24, 2.45) is 0 Å². The minimum absolute atomic E-state index is 0.262. The second-order valence-corrected chi connectivity index (χ2v) is 5.02. The Bertz CT molecular complexity index is 844. The third-order valence-electron chi connectivity index (χ3n) is 3.34. The van der Waals surface area contributed by atoms with Crippen LogP contribution in [-0.2, 0) is 4.79 Å². The van der Waals surface area contributed by atoms with Crippen LogP contribution in [0, 0.1) is 0 Å². The van der Waals surface area contributed by atoms with E-state index in [-0.39, 0.29) is 11.6 Å². The van der Waals surface area contributed by atoms with E-state index in [1.165, 1.54) is 0 Å². The number of hydrogen-bond acceptors (Lipinski definition) is 4. The Morgan fingerprint density at radius 1 is 1.13 bits per heavy atom. The molecule has 23 heavy (non-hydrogen) atoms. The van der Waals surface area contributed by atoms with Gasteiger partial charge in [0.1, 0.15) is 11.9 Å². The summed E-state index contributed by atoms with van der Waals surface area (Å²) in [6.07, 6.45) is 1.58. The van der Waals surface area contributed by atoms with Crippen LogP contribution in [0.2, 0.25) is 0 Å². The van der Waals surface area contributed by atoms with Crippen LogP contribution in [0.5, 0.6) is 0 Å². The van der Waals surface area contributed by atoms with Gasteiger partial charge >= 0.3 is 0 Å². The lowest BCUT2D eigenvalue weighted by molar-refractivity contribution is -0.117. The summed E-state index contributed by atoms with van der Waals surface area (Å²) in [6, 6.07) is 11.8. The number of nitrogens with zero attached hydrogens (tertiary/aromatic N) is 2. The number of anilines is 1. The highest BCUT2D eigenvalue weighted by Gasteiger charge is 2.20. The highest BCUT2D eigenvalue weighted by Crippen LogP contribution is 2.15. The molecule has 3 aromatic rings. The quantitative estimate of drug-likeness (QED) is 0.683. The van der Waals surface area contributed by atoms with Crippen molar-refractivity contribution in [1.29, 1.82) is 0 Å². The number of nitrogens with one attached hydrogen (secondary N) is 3. The Kier molecular flexibility index (Phi) is 4.01. The van der Waals surface area contributed by atoms with Gasteiger partial charge in [-0.25, -0.2) is 4.98 Å². The largest absolute Gasteiger partial charge is 0.339 e. The second kappa shape index (κ2) is 6.27. The topological polar surface area (TPSA) is 99.8 Å². The highest BCUT2D eigenvalue weighted by molar-refractivity contribution is 6.06. The number of pyridine rings is 1. The predicted octanol–water partition coefficient (Wildman–Crippen LogP) is 1.71. The fourth-order valence-electron chi connectivity index (χ4n) is 2.14. The van der Waals surface area contributed by atoms with E-state index < -0.39 is 11.9 Å². The standard InChI is InChI=1S/C16H15N5O2/c1-10(15(22)19-13-8-4-5-9-17-13)18-16(23)14-11-6-2-3-7-12(11)20-21-14/h2-10H,1H3,(H,18,23)(H,20,21)(H,17,19,22)/t10-/m0/s1. The molecule has 0 radical (unpaired) electrons.